The molecule has 1 atom stereocenters. The minimum atomic E-state index is 0.657. The van der Waals surface area contributed by atoms with Crippen LogP contribution in [0.5, 0.6) is 0 Å². The molecule has 0 bridgehead atoms. The molecule has 1 fully saturated rings. The van der Waals surface area contributed by atoms with E-state index in [1.165, 1.54) is 42.0 Å². The SMILES string of the molecule is CCNC(Cc1cccc2ccccc12)C1CCC1. The molecule has 0 radical (unpaired) electrons. The van der Waals surface area contributed by atoms with Crippen LogP contribution in [-0.2, 0) is 6.42 Å². The largest absolute Gasteiger partial charge is 0.314 e. The summed E-state index contributed by atoms with van der Waals surface area (Å²) in [4.78, 5) is 0. The first-order chi connectivity index (χ1) is 9.38. The number of fused-ring (bicyclic) bond motifs is 1. The molecule has 1 saturated carbocycles. The smallest absolute Gasteiger partial charge is 0.0136 e. The van der Waals surface area contributed by atoms with E-state index in [-0.39, 0.29) is 0 Å². The molecule has 0 aromatic heterocycles. The molecule has 1 nitrogen and oxygen atoms in total. The molecule has 1 aliphatic carbocycles. The van der Waals surface area contributed by atoms with E-state index in [4.69, 9.17) is 0 Å². The molecule has 0 spiro atoms. The van der Waals surface area contributed by atoms with Gasteiger partial charge in [0.15, 0.2) is 0 Å². The standard InChI is InChI=1S/C18H23N/c1-2-19-18(15-9-6-10-15)13-16-11-5-8-14-7-3-4-12-17(14)16/h3-5,7-8,11-12,15,18-19H,2,6,9-10,13H2,1H3. The Bertz CT molecular complexity index is 537. The van der Waals surface area contributed by atoms with E-state index >= 15 is 0 Å². The number of benzene rings is 2. The first-order valence-corrected chi connectivity index (χ1v) is 7.58. The first kappa shape index (κ1) is 12.7. The van der Waals surface area contributed by atoms with Gasteiger partial charge in [0.1, 0.15) is 0 Å². The van der Waals surface area contributed by atoms with E-state index in [9.17, 15) is 0 Å². The zero-order chi connectivity index (χ0) is 13.1. The Labute approximate surface area is 116 Å². The van der Waals surface area contributed by atoms with Crippen LogP contribution in [0.15, 0.2) is 42.5 Å². The molecular weight excluding hydrogens is 230 g/mol. The van der Waals surface area contributed by atoms with Crippen molar-refractivity contribution in [3.05, 3.63) is 48.0 Å². The minimum absolute atomic E-state index is 0.657. The molecule has 1 unspecified atom stereocenters. The topological polar surface area (TPSA) is 12.0 Å². The maximum Gasteiger partial charge on any atom is 0.0136 e. The van der Waals surface area contributed by atoms with Crippen molar-refractivity contribution in [1.82, 2.24) is 5.32 Å². The van der Waals surface area contributed by atoms with Crippen molar-refractivity contribution in [3.8, 4) is 0 Å². The number of likely N-dealkylation sites (N-methyl/N-ethyl adjacent to an activating group) is 1. The van der Waals surface area contributed by atoms with Crippen molar-refractivity contribution in [1.29, 1.82) is 0 Å². The predicted molar refractivity (Wildman–Crippen MR) is 82.5 cm³/mol. The molecule has 3 rings (SSSR count). The summed E-state index contributed by atoms with van der Waals surface area (Å²) in [6, 6.07) is 16.1. The van der Waals surface area contributed by atoms with Crippen LogP contribution in [0.2, 0.25) is 0 Å². The van der Waals surface area contributed by atoms with Crippen LogP contribution in [0.3, 0.4) is 0 Å². The van der Waals surface area contributed by atoms with Gasteiger partial charge in [-0.3, -0.25) is 0 Å². The third-order valence-corrected chi connectivity index (χ3v) is 4.50. The second-order valence-electron chi connectivity index (χ2n) is 5.70. The van der Waals surface area contributed by atoms with Gasteiger partial charge in [-0.1, -0.05) is 55.8 Å². The highest BCUT2D eigenvalue weighted by atomic mass is 14.9. The minimum Gasteiger partial charge on any atom is -0.314 e. The van der Waals surface area contributed by atoms with E-state index in [1.54, 1.807) is 0 Å². The summed E-state index contributed by atoms with van der Waals surface area (Å²) in [5.41, 5.74) is 1.50. The maximum atomic E-state index is 3.70. The Kier molecular flexibility index (Phi) is 3.84. The van der Waals surface area contributed by atoms with Gasteiger partial charge in [0.25, 0.3) is 0 Å². The fourth-order valence-electron chi connectivity index (χ4n) is 3.22. The van der Waals surface area contributed by atoms with Crippen LogP contribution in [0.25, 0.3) is 10.8 Å². The van der Waals surface area contributed by atoms with Gasteiger partial charge in [-0.15, -0.1) is 0 Å². The van der Waals surface area contributed by atoms with Gasteiger partial charge < -0.3 is 5.32 Å². The number of hydrogen-bond donors (Lipinski definition) is 1. The highest BCUT2D eigenvalue weighted by Gasteiger charge is 2.26. The number of nitrogens with one attached hydrogen (secondary N) is 1. The molecule has 100 valence electrons. The quantitative estimate of drug-likeness (QED) is 0.843. The van der Waals surface area contributed by atoms with Crippen LogP contribution < -0.4 is 5.32 Å². The van der Waals surface area contributed by atoms with E-state index in [0.717, 1.165) is 12.5 Å². The van der Waals surface area contributed by atoms with Crippen molar-refractivity contribution in [2.24, 2.45) is 5.92 Å². The van der Waals surface area contributed by atoms with Gasteiger partial charge >= 0.3 is 0 Å². The number of hydrogen-bond acceptors (Lipinski definition) is 1. The lowest BCUT2D eigenvalue weighted by molar-refractivity contribution is 0.230. The van der Waals surface area contributed by atoms with Crippen molar-refractivity contribution in [2.45, 2.75) is 38.6 Å². The number of rotatable bonds is 5. The highest BCUT2D eigenvalue weighted by Crippen LogP contribution is 2.32. The van der Waals surface area contributed by atoms with Gasteiger partial charge in [-0.05, 0) is 48.1 Å². The Hall–Kier alpha value is -1.34. The Balaban J connectivity index is 1.86. The first-order valence-electron chi connectivity index (χ1n) is 7.58. The summed E-state index contributed by atoms with van der Waals surface area (Å²) >= 11 is 0. The van der Waals surface area contributed by atoms with Gasteiger partial charge in [0.05, 0.1) is 0 Å². The van der Waals surface area contributed by atoms with Crippen LogP contribution in [0.1, 0.15) is 31.7 Å². The molecule has 0 saturated heterocycles. The summed E-state index contributed by atoms with van der Waals surface area (Å²) in [5, 5.41) is 6.49. The molecule has 19 heavy (non-hydrogen) atoms. The van der Waals surface area contributed by atoms with Crippen molar-refractivity contribution in [2.75, 3.05) is 6.54 Å². The lowest BCUT2D eigenvalue weighted by Crippen LogP contribution is -2.41. The lowest BCUT2D eigenvalue weighted by Gasteiger charge is -2.34. The highest BCUT2D eigenvalue weighted by molar-refractivity contribution is 5.85. The lowest BCUT2D eigenvalue weighted by atomic mass is 9.77. The second kappa shape index (κ2) is 5.75. The Morgan fingerprint density at radius 1 is 1.11 bits per heavy atom. The van der Waals surface area contributed by atoms with E-state index in [1.807, 2.05) is 0 Å². The zero-order valence-corrected chi connectivity index (χ0v) is 11.7. The second-order valence-corrected chi connectivity index (χ2v) is 5.70. The predicted octanol–water partition coefficient (Wildman–Crippen LogP) is 4.16. The summed E-state index contributed by atoms with van der Waals surface area (Å²) in [6.45, 7) is 3.29. The van der Waals surface area contributed by atoms with Crippen LogP contribution in [0.4, 0.5) is 0 Å². The molecular formula is C18H23N. The molecule has 0 aliphatic heterocycles. The van der Waals surface area contributed by atoms with Gasteiger partial charge in [0, 0.05) is 6.04 Å². The van der Waals surface area contributed by atoms with Crippen LogP contribution in [-0.4, -0.2) is 12.6 Å². The van der Waals surface area contributed by atoms with Crippen LogP contribution >= 0.6 is 0 Å². The van der Waals surface area contributed by atoms with E-state index in [2.05, 4.69) is 54.7 Å². The monoisotopic (exact) mass is 253 g/mol. The summed E-state index contributed by atoms with van der Waals surface area (Å²) < 4.78 is 0. The maximum absolute atomic E-state index is 3.70. The molecule has 1 heteroatoms. The summed E-state index contributed by atoms with van der Waals surface area (Å²) in [6.07, 6.45) is 5.40. The summed E-state index contributed by atoms with van der Waals surface area (Å²) in [7, 11) is 0. The fourth-order valence-corrected chi connectivity index (χ4v) is 3.22. The van der Waals surface area contributed by atoms with E-state index < -0.39 is 0 Å². The third-order valence-electron chi connectivity index (χ3n) is 4.50. The normalized spacial score (nSPS) is 17.3. The Morgan fingerprint density at radius 2 is 1.89 bits per heavy atom. The molecule has 2 aromatic rings. The van der Waals surface area contributed by atoms with Crippen LogP contribution in [0, 0.1) is 5.92 Å². The van der Waals surface area contributed by atoms with Gasteiger partial charge in [0.2, 0.25) is 0 Å². The average molecular weight is 253 g/mol. The molecule has 0 amide bonds. The van der Waals surface area contributed by atoms with Crippen molar-refractivity contribution < 1.29 is 0 Å². The molecule has 0 heterocycles. The van der Waals surface area contributed by atoms with Gasteiger partial charge in [-0.25, -0.2) is 0 Å². The van der Waals surface area contributed by atoms with Gasteiger partial charge in [-0.2, -0.15) is 0 Å². The summed E-state index contributed by atoms with van der Waals surface area (Å²) in [5.74, 6) is 0.888. The third kappa shape index (κ3) is 2.66. The average Bonchev–Trinajstić information content (AvgIpc) is 2.37. The van der Waals surface area contributed by atoms with Crippen molar-refractivity contribution >= 4 is 10.8 Å². The van der Waals surface area contributed by atoms with Crippen molar-refractivity contribution in [3.63, 3.8) is 0 Å². The Morgan fingerprint density at radius 3 is 2.63 bits per heavy atom. The molecule has 1 N–H and O–H groups in total. The van der Waals surface area contributed by atoms with E-state index in [0.29, 0.717) is 6.04 Å². The molecule has 2 aromatic carbocycles. The fraction of sp³-hybridized carbons (Fsp3) is 0.444. The molecule has 1 aliphatic rings. The zero-order valence-electron chi connectivity index (χ0n) is 11.7.